The maximum Gasteiger partial charge on any atom is 0.410 e. The second-order valence-electron chi connectivity index (χ2n) is 6.09. The topological polar surface area (TPSA) is 99.0 Å². The minimum Gasteiger partial charge on any atom is -0.466 e. The summed E-state index contributed by atoms with van der Waals surface area (Å²) >= 11 is 0. The van der Waals surface area contributed by atoms with Crippen molar-refractivity contribution in [2.24, 2.45) is 0 Å². The summed E-state index contributed by atoms with van der Waals surface area (Å²) in [5.41, 5.74) is 1.78. The molecule has 0 fully saturated rings. The number of hydrogen-bond donors (Lipinski definition) is 0. The maximum atomic E-state index is 12.3. The molecular formula is C20H22N2O6. The van der Waals surface area contributed by atoms with E-state index in [9.17, 15) is 19.7 Å². The van der Waals surface area contributed by atoms with E-state index in [1.807, 2.05) is 30.3 Å². The zero-order valence-electron chi connectivity index (χ0n) is 15.8. The van der Waals surface area contributed by atoms with Crippen LogP contribution >= 0.6 is 0 Å². The number of carbonyl (C=O) groups is 2. The monoisotopic (exact) mass is 386 g/mol. The van der Waals surface area contributed by atoms with Crippen LogP contribution in [0.15, 0.2) is 48.5 Å². The highest BCUT2D eigenvalue weighted by molar-refractivity contribution is 5.73. The molecule has 8 nitrogen and oxygen atoms in total. The molecule has 0 spiro atoms. The molecule has 0 heterocycles. The number of benzene rings is 2. The highest BCUT2D eigenvalue weighted by atomic mass is 16.6. The molecule has 2 aromatic rings. The molecule has 0 radical (unpaired) electrons. The average molecular weight is 386 g/mol. The Kier molecular flexibility index (Phi) is 7.50. The van der Waals surface area contributed by atoms with E-state index in [1.54, 1.807) is 6.92 Å². The lowest BCUT2D eigenvalue weighted by Crippen LogP contribution is -2.27. The Balaban J connectivity index is 2.10. The van der Waals surface area contributed by atoms with E-state index in [1.165, 1.54) is 30.1 Å². The fourth-order valence-electron chi connectivity index (χ4n) is 2.56. The van der Waals surface area contributed by atoms with Gasteiger partial charge in [0.1, 0.15) is 6.61 Å². The van der Waals surface area contributed by atoms with Gasteiger partial charge in [-0.15, -0.1) is 0 Å². The summed E-state index contributed by atoms with van der Waals surface area (Å²) < 4.78 is 10.2. The first-order valence-corrected chi connectivity index (χ1v) is 8.74. The molecule has 2 aromatic carbocycles. The lowest BCUT2D eigenvalue weighted by atomic mass is 10.0. The van der Waals surface area contributed by atoms with Gasteiger partial charge in [0.2, 0.25) is 0 Å². The number of nitro groups is 1. The summed E-state index contributed by atoms with van der Waals surface area (Å²) in [5, 5.41) is 11.1. The third kappa shape index (κ3) is 6.08. The van der Waals surface area contributed by atoms with Gasteiger partial charge in [0, 0.05) is 25.7 Å². The molecule has 0 unspecified atom stereocenters. The van der Waals surface area contributed by atoms with Gasteiger partial charge in [-0.05, 0) is 23.6 Å². The number of ether oxygens (including phenoxy) is 2. The van der Waals surface area contributed by atoms with Crippen molar-refractivity contribution in [3.05, 3.63) is 75.3 Å². The van der Waals surface area contributed by atoms with Crippen LogP contribution in [0.2, 0.25) is 0 Å². The van der Waals surface area contributed by atoms with E-state index in [0.29, 0.717) is 11.1 Å². The van der Waals surface area contributed by atoms with E-state index >= 15 is 0 Å². The Morgan fingerprint density at radius 2 is 1.79 bits per heavy atom. The molecule has 148 valence electrons. The first kappa shape index (κ1) is 20.9. The number of non-ortho nitro benzene ring substituents is 1. The maximum absolute atomic E-state index is 12.3. The van der Waals surface area contributed by atoms with Gasteiger partial charge in [0.15, 0.2) is 0 Å². The third-order valence-corrected chi connectivity index (χ3v) is 3.97. The molecule has 0 N–H and O–H groups in total. The highest BCUT2D eigenvalue weighted by Crippen LogP contribution is 2.20. The quantitative estimate of drug-likeness (QED) is 0.391. The van der Waals surface area contributed by atoms with Gasteiger partial charge in [0.25, 0.3) is 5.69 Å². The van der Waals surface area contributed by atoms with E-state index < -0.39 is 17.0 Å². The lowest BCUT2D eigenvalue weighted by molar-refractivity contribution is -0.384. The van der Waals surface area contributed by atoms with E-state index in [-0.39, 0.29) is 31.9 Å². The normalized spacial score (nSPS) is 10.2. The van der Waals surface area contributed by atoms with Crippen molar-refractivity contribution in [1.29, 1.82) is 0 Å². The Morgan fingerprint density at radius 3 is 2.43 bits per heavy atom. The molecule has 1 amide bonds. The van der Waals surface area contributed by atoms with Crippen molar-refractivity contribution >= 4 is 17.7 Å². The van der Waals surface area contributed by atoms with Crippen LogP contribution < -0.4 is 0 Å². The minimum atomic E-state index is -0.572. The number of carbonyl (C=O) groups excluding carboxylic acids is 2. The molecule has 0 aliphatic heterocycles. The largest absolute Gasteiger partial charge is 0.466 e. The van der Waals surface area contributed by atoms with Crippen molar-refractivity contribution in [1.82, 2.24) is 4.90 Å². The molecule has 0 aromatic heterocycles. The second kappa shape index (κ2) is 10.1. The number of esters is 1. The van der Waals surface area contributed by atoms with E-state index in [4.69, 9.17) is 9.47 Å². The van der Waals surface area contributed by atoms with Gasteiger partial charge >= 0.3 is 12.1 Å². The molecule has 28 heavy (non-hydrogen) atoms. The Morgan fingerprint density at radius 1 is 1.07 bits per heavy atom. The zero-order valence-corrected chi connectivity index (χ0v) is 15.8. The molecule has 0 aliphatic rings. The van der Waals surface area contributed by atoms with Gasteiger partial charge in [-0.1, -0.05) is 36.4 Å². The predicted molar refractivity (Wildman–Crippen MR) is 102 cm³/mol. The minimum absolute atomic E-state index is 0.0337. The van der Waals surface area contributed by atoms with Crippen LogP contribution in [0.25, 0.3) is 0 Å². The van der Waals surface area contributed by atoms with Crippen LogP contribution in [0.1, 0.15) is 23.6 Å². The average Bonchev–Trinajstić information content (AvgIpc) is 2.68. The fraction of sp³-hybridized carbons (Fsp3) is 0.300. The van der Waals surface area contributed by atoms with Crippen LogP contribution in [0.3, 0.4) is 0 Å². The van der Waals surface area contributed by atoms with Gasteiger partial charge in [-0.2, -0.15) is 0 Å². The first-order chi connectivity index (χ1) is 13.4. The van der Waals surface area contributed by atoms with Gasteiger partial charge in [-0.3, -0.25) is 14.9 Å². The van der Waals surface area contributed by atoms with Crippen LogP contribution in [0.5, 0.6) is 0 Å². The van der Waals surface area contributed by atoms with Crippen molar-refractivity contribution in [3.63, 3.8) is 0 Å². The number of nitro benzene ring substituents is 1. The van der Waals surface area contributed by atoms with E-state index in [2.05, 4.69) is 0 Å². The van der Waals surface area contributed by atoms with Gasteiger partial charge < -0.3 is 14.4 Å². The number of rotatable bonds is 8. The van der Waals surface area contributed by atoms with Gasteiger partial charge in [-0.25, -0.2) is 4.79 Å². The molecule has 0 atom stereocenters. The number of nitrogens with zero attached hydrogens (tertiary/aromatic N) is 2. The standard InChI is InChI=1S/C20H22N2O6/c1-3-27-19(23)12-16-9-10-18(22(25)26)11-17(16)13-21(2)20(24)28-14-15-7-5-4-6-8-15/h4-11H,3,12-14H2,1-2H3. The number of hydrogen-bond acceptors (Lipinski definition) is 6. The summed E-state index contributed by atoms with van der Waals surface area (Å²) in [4.78, 5) is 35.9. The first-order valence-electron chi connectivity index (χ1n) is 8.74. The summed E-state index contributed by atoms with van der Waals surface area (Å²) in [6.45, 7) is 2.12. The summed E-state index contributed by atoms with van der Waals surface area (Å²) in [6.07, 6.45) is -0.605. The smallest absolute Gasteiger partial charge is 0.410 e. The highest BCUT2D eigenvalue weighted by Gasteiger charge is 2.18. The Bertz CT molecular complexity index is 838. The van der Waals surface area contributed by atoms with Crippen LogP contribution in [-0.2, 0) is 33.8 Å². The molecular weight excluding hydrogens is 364 g/mol. The molecule has 0 aliphatic carbocycles. The van der Waals surface area contributed by atoms with Crippen LogP contribution in [0.4, 0.5) is 10.5 Å². The lowest BCUT2D eigenvalue weighted by Gasteiger charge is -2.19. The molecule has 0 bridgehead atoms. The van der Waals surface area contributed by atoms with Crippen molar-refractivity contribution < 1.29 is 24.0 Å². The SMILES string of the molecule is CCOC(=O)Cc1ccc([N+](=O)[O-])cc1CN(C)C(=O)OCc1ccccc1. The van der Waals surface area contributed by atoms with E-state index in [0.717, 1.165) is 5.56 Å². The molecule has 0 saturated carbocycles. The fourth-order valence-corrected chi connectivity index (χ4v) is 2.56. The molecule has 2 rings (SSSR count). The van der Waals surface area contributed by atoms with Crippen molar-refractivity contribution in [3.8, 4) is 0 Å². The number of amides is 1. The summed E-state index contributed by atoms with van der Waals surface area (Å²) in [6, 6.07) is 13.4. The van der Waals surface area contributed by atoms with Crippen LogP contribution in [0, 0.1) is 10.1 Å². The van der Waals surface area contributed by atoms with Gasteiger partial charge in [0.05, 0.1) is 18.0 Å². The zero-order chi connectivity index (χ0) is 20.5. The van der Waals surface area contributed by atoms with Crippen molar-refractivity contribution in [2.75, 3.05) is 13.7 Å². The molecule has 8 heteroatoms. The Hall–Kier alpha value is -3.42. The molecule has 0 saturated heterocycles. The summed E-state index contributed by atoms with van der Waals surface area (Å²) in [5.74, 6) is -0.438. The second-order valence-corrected chi connectivity index (χ2v) is 6.09. The third-order valence-electron chi connectivity index (χ3n) is 3.97. The van der Waals surface area contributed by atoms with Crippen molar-refractivity contribution in [2.45, 2.75) is 26.5 Å². The predicted octanol–water partition coefficient (Wildman–Crippen LogP) is 3.47. The Labute approximate surface area is 162 Å². The summed E-state index contributed by atoms with van der Waals surface area (Å²) in [7, 11) is 1.53. The van der Waals surface area contributed by atoms with Crippen LogP contribution in [-0.4, -0.2) is 35.5 Å².